The highest BCUT2D eigenvalue weighted by Gasteiger charge is 2.24. The first kappa shape index (κ1) is 18.5. The van der Waals surface area contributed by atoms with Crippen molar-refractivity contribution in [3.8, 4) is 0 Å². The Morgan fingerprint density at radius 3 is 1.83 bits per heavy atom. The maximum Gasteiger partial charge on any atom is 0.337 e. The predicted octanol–water partition coefficient (Wildman–Crippen LogP) is 1.28. The van der Waals surface area contributed by atoms with Crippen LogP contribution < -0.4 is 0 Å². The summed E-state index contributed by atoms with van der Waals surface area (Å²) in [5.41, 5.74) is 0.0507. The number of methoxy groups -OCH3 is 2. The van der Waals surface area contributed by atoms with E-state index in [1.54, 1.807) is 0 Å². The molecule has 2 N–H and O–H groups in total. The molecule has 1 aromatic carbocycles. The number of carbonyl (C=O) groups is 4. The van der Waals surface area contributed by atoms with Gasteiger partial charge in [0.2, 0.25) is 0 Å². The van der Waals surface area contributed by atoms with Crippen LogP contribution in [0.5, 0.6) is 0 Å². The van der Waals surface area contributed by atoms with E-state index in [2.05, 4.69) is 9.47 Å². The number of rotatable bonds is 7. The topological polar surface area (TPSA) is 127 Å². The van der Waals surface area contributed by atoms with Crippen molar-refractivity contribution >= 4 is 35.6 Å². The molecule has 1 rings (SSSR count). The van der Waals surface area contributed by atoms with E-state index >= 15 is 0 Å². The molecule has 1 unspecified atom stereocenters. The molecule has 0 saturated heterocycles. The third kappa shape index (κ3) is 5.29. The van der Waals surface area contributed by atoms with Crippen LogP contribution in [0.2, 0.25) is 0 Å². The molecule has 124 valence electrons. The number of benzene rings is 1. The number of aliphatic carboxylic acids is 2. The molecule has 8 nitrogen and oxygen atoms in total. The molecule has 0 amide bonds. The van der Waals surface area contributed by atoms with Gasteiger partial charge < -0.3 is 19.7 Å². The minimum absolute atomic E-state index is 0.0253. The van der Waals surface area contributed by atoms with Gasteiger partial charge in [0.1, 0.15) is 5.25 Å². The monoisotopic (exact) mass is 342 g/mol. The number of carbonyl (C=O) groups excluding carboxylic acids is 2. The second-order valence-electron chi connectivity index (χ2n) is 4.27. The van der Waals surface area contributed by atoms with E-state index in [-0.39, 0.29) is 16.0 Å². The predicted molar refractivity (Wildman–Crippen MR) is 78.7 cm³/mol. The van der Waals surface area contributed by atoms with Crippen LogP contribution in [0.15, 0.2) is 23.1 Å². The molecule has 9 heteroatoms. The third-order valence-corrected chi connectivity index (χ3v) is 3.82. The average Bonchev–Trinajstić information content (AvgIpc) is 2.51. The summed E-state index contributed by atoms with van der Waals surface area (Å²) in [6.45, 7) is 0. The fraction of sp³-hybridized carbons (Fsp3) is 0.286. The molecule has 1 aromatic rings. The highest BCUT2D eigenvalue weighted by Crippen LogP contribution is 2.28. The lowest BCUT2D eigenvalue weighted by atomic mass is 10.1. The maximum absolute atomic E-state index is 11.6. The van der Waals surface area contributed by atoms with Crippen molar-refractivity contribution in [1.29, 1.82) is 0 Å². The van der Waals surface area contributed by atoms with Crippen molar-refractivity contribution in [3.05, 3.63) is 29.3 Å². The Kier molecular flexibility index (Phi) is 6.58. The van der Waals surface area contributed by atoms with Crippen LogP contribution in [-0.2, 0) is 19.1 Å². The van der Waals surface area contributed by atoms with E-state index in [0.29, 0.717) is 11.8 Å². The van der Waals surface area contributed by atoms with Gasteiger partial charge in [-0.2, -0.15) is 0 Å². The Balaban J connectivity index is 3.22. The number of esters is 2. The van der Waals surface area contributed by atoms with E-state index in [1.807, 2.05) is 0 Å². The van der Waals surface area contributed by atoms with Crippen LogP contribution in [0.1, 0.15) is 27.1 Å². The van der Waals surface area contributed by atoms with Gasteiger partial charge in [-0.05, 0) is 18.2 Å². The lowest BCUT2D eigenvalue weighted by Gasteiger charge is -2.12. The Labute approximate surface area is 135 Å². The van der Waals surface area contributed by atoms with Crippen LogP contribution >= 0.6 is 11.8 Å². The molecule has 0 fully saturated rings. The molecule has 0 aromatic heterocycles. The molecule has 0 aliphatic rings. The second-order valence-corrected chi connectivity index (χ2v) is 5.55. The number of carboxylic acids is 2. The Morgan fingerprint density at radius 2 is 1.48 bits per heavy atom. The van der Waals surface area contributed by atoms with Gasteiger partial charge >= 0.3 is 23.9 Å². The Hall–Kier alpha value is -2.55. The molecule has 0 bridgehead atoms. The van der Waals surface area contributed by atoms with Gasteiger partial charge in [0.05, 0.1) is 31.8 Å². The number of ether oxygens (including phenoxy) is 2. The smallest absolute Gasteiger partial charge is 0.337 e. The van der Waals surface area contributed by atoms with Gasteiger partial charge in [-0.25, -0.2) is 9.59 Å². The summed E-state index contributed by atoms with van der Waals surface area (Å²) in [5, 5.41) is 16.5. The normalized spacial score (nSPS) is 11.4. The lowest BCUT2D eigenvalue weighted by molar-refractivity contribution is -0.142. The van der Waals surface area contributed by atoms with Crippen LogP contribution in [-0.4, -0.2) is 53.6 Å². The SMILES string of the molecule is COC(=O)c1cc(SC(CC(=O)O)C(=O)O)cc(C(=O)OC)c1. The number of hydrogen-bond donors (Lipinski definition) is 2. The Morgan fingerprint density at radius 1 is 1.00 bits per heavy atom. The maximum atomic E-state index is 11.6. The summed E-state index contributed by atoms with van der Waals surface area (Å²) in [4.78, 5) is 45.3. The minimum atomic E-state index is -1.32. The zero-order chi connectivity index (χ0) is 17.6. The van der Waals surface area contributed by atoms with Gasteiger partial charge in [0.25, 0.3) is 0 Å². The molecule has 0 heterocycles. The minimum Gasteiger partial charge on any atom is -0.481 e. The molecule has 0 aliphatic heterocycles. The molecule has 0 radical (unpaired) electrons. The largest absolute Gasteiger partial charge is 0.481 e. The van der Waals surface area contributed by atoms with Crippen LogP contribution in [0.25, 0.3) is 0 Å². The van der Waals surface area contributed by atoms with E-state index in [1.165, 1.54) is 18.2 Å². The molecule has 0 aliphatic carbocycles. The summed E-state index contributed by atoms with van der Waals surface area (Å²) in [5.74, 6) is -4.03. The Bertz CT molecular complexity index is 605. The summed E-state index contributed by atoms with van der Waals surface area (Å²) < 4.78 is 9.13. The first-order valence-corrected chi connectivity index (χ1v) is 7.09. The summed E-state index contributed by atoms with van der Waals surface area (Å²) in [7, 11) is 2.31. The summed E-state index contributed by atoms with van der Waals surface area (Å²) >= 11 is 0.713. The number of hydrogen-bond acceptors (Lipinski definition) is 7. The fourth-order valence-electron chi connectivity index (χ4n) is 1.64. The van der Waals surface area contributed by atoms with Crippen LogP contribution in [0, 0.1) is 0 Å². The lowest BCUT2D eigenvalue weighted by Crippen LogP contribution is -2.20. The van der Waals surface area contributed by atoms with Gasteiger partial charge in [-0.15, -0.1) is 11.8 Å². The van der Waals surface area contributed by atoms with E-state index < -0.39 is 35.5 Å². The highest BCUT2D eigenvalue weighted by atomic mass is 32.2. The van der Waals surface area contributed by atoms with Crippen LogP contribution in [0.3, 0.4) is 0 Å². The second kappa shape index (κ2) is 8.18. The first-order valence-electron chi connectivity index (χ1n) is 6.21. The zero-order valence-corrected chi connectivity index (χ0v) is 13.1. The van der Waals surface area contributed by atoms with Crippen molar-refractivity contribution in [3.63, 3.8) is 0 Å². The number of thioether (sulfide) groups is 1. The van der Waals surface area contributed by atoms with Gasteiger partial charge in [0, 0.05) is 4.90 Å². The average molecular weight is 342 g/mol. The molecule has 1 atom stereocenters. The quantitative estimate of drug-likeness (QED) is 0.556. The van der Waals surface area contributed by atoms with Gasteiger partial charge in [-0.1, -0.05) is 0 Å². The molecule has 0 spiro atoms. The van der Waals surface area contributed by atoms with E-state index in [4.69, 9.17) is 10.2 Å². The van der Waals surface area contributed by atoms with Crippen molar-refractivity contribution in [2.45, 2.75) is 16.6 Å². The van der Waals surface area contributed by atoms with Crippen LogP contribution in [0.4, 0.5) is 0 Å². The zero-order valence-electron chi connectivity index (χ0n) is 12.3. The molecule has 0 saturated carbocycles. The van der Waals surface area contributed by atoms with Crippen molar-refractivity contribution in [1.82, 2.24) is 0 Å². The van der Waals surface area contributed by atoms with Crippen molar-refractivity contribution in [2.75, 3.05) is 14.2 Å². The van der Waals surface area contributed by atoms with Crippen molar-refractivity contribution < 1.29 is 38.9 Å². The van der Waals surface area contributed by atoms with E-state index in [0.717, 1.165) is 14.2 Å². The van der Waals surface area contributed by atoms with E-state index in [9.17, 15) is 19.2 Å². The fourth-order valence-corrected chi connectivity index (χ4v) is 2.69. The first-order chi connectivity index (χ1) is 10.8. The van der Waals surface area contributed by atoms with Gasteiger partial charge in [0.15, 0.2) is 0 Å². The van der Waals surface area contributed by atoms with Crippen molar-refractivity contribution in [2.24, 2.45) is 0 Å². The summed E-state index contributed by atoms with van der Waals surface area (Å²) in [6, 6.07) is 3.89. The molecular formula is C14H14O8S. The summed E-state index contributed by atoms with van der Waals surface area (Å²) in [6.07, 6.45) is -0.615. The molecular weight excluding hydrogens is 328 g/mol. The standard InChI is InChI=1S/C14H14O8S/c1-21-13(19)7-3-8(14(20)22-2)5-9(4-7)23-10(12(17)18)6-11(15)16/h3-5,10H,6H2,1-2H3,(H,15,16)(H,17,18). The number of carboxylic acid groups (broad SMARTS) is 2. The third-order valence-electron chi connectivity index (χ3n) is 2.66. The highest BCUT2D eigenvalue weighted by molar-refractivity contribution is 8.00. The molecule has 23 heavy (non-hydrogen) atoms. The van der Waals surface area contributed by atoms with Gasteiger partial charge in [-0.3, -0.25) is 9.59 Å².